The van der Waals surface area contributed by atoms with Gasteiger partial charge >= 0.3 is 5.97 Å². The van der Waals surface area contributed by atoms with Crippen LogP contribution in [0, 0.1) is 16.7 Å². The molecule has 0 spiro atoms. The van der Waals surface area contributed by atoms with E-state index in [1.165, 1.54) is 18.6 Å². The Hall–Kier alpha value is -0.800. The van der Waals surface area contributed by atoms with Crippen LogP contribution in [0.5, 0.6) is 0 Å². The van der Waals surface area contributed by atoms with Crippen LogP contribution in [-0.4, -0.2) is 17.1 Å². The van der Waals surface area contributed by atoms with Crippen LogP contribution in [0.4, 0.5) is 0 Å². The number of hydrogen-bond donors (Lipinski definition) is 0. The van der Waals surface area contributed by atoms with Gasteiger partial charge in [-0.3, -0.25) is 0 Å². The molecule has 5 heteroatoms. The highest BCUT2D eigenvalue weighted by atomic mass is 35.5. The number of rotatable bonds is 2. The van der Waals surface area contributed by atoms with E-state index in [0.29, 0.717) is 11.5 Å². The third-order valence-electron chi connectivity index (χ3n) is 5.96. The Kier molecular flexibility index (Phi) is 3.49. The minimum atomic E-state index is -0.365. The smallest absolute Gasteiger partial charge is 0.338 e. The zero-order chi connectivity index (χ0) is 15.4. The molecule has 2 bridgehead atoms. The minimum Gasteiger partial charge on any atom is -0.458 e. The van der Waals surface area contributed by atoms with E-state index in [4.69, 9.17) is 27.9 Å². The Morgan fingerprint density at radius 2 is 1.90 bits per heavy atom. The molecule has 1 aromatic heterocycles. The fourth-order valence-corrected chi connectivity index (χ4v) is 4.55. The zero-order valence-corrected chi connectivity index (χ0v) is 14.0. The van der Waals surface area contributed by atoms with Gasteiger partial charge in [0.1, 0.15) is 16.4 Å². The molecule has 1 heterocycles. The Bertz CT molecular complexity index is 582. The van der Waals surface area contributed by atoms with Crippen LogP contribution in [0.1, 0.15) is 50.4 Å². The monoisotopic (exact) mass is 327 g/mol. The first-order valence-corrected chi connectivity index (χ1v) is 8.04. The summed E-state index contributed by atoms with van der Waals surface area (Å²) in [6, 6.07) is 2.99. The summed E-state index contributed by atoms with van der Waals surface area (Å²) in [6.45, 7) is 6.82. The summed E-state index contributed by atoms with van der Waals surface area (Å²) in [5.41, 5.74) is 0.628. The molecule has 0 radical (unpaired) electrons. The van der Waals surface area contributed by atoms with Gasteiger partial charge in [-0.05, 0) is 42.7 Å². The molecule has 3 atom stereocenters. The van der Waals surface area contributed by atoms with Gasteiger partial charge in [0, 0.05) is 5.41 Å². The normalized spacial score (nSPS) is 33.2. The average Bonchev–Trinajstić information content (AvgIpc) is 2.70. The van der Waals surface area contributed by atoms with Crippen LogP contribution in [0.15, 0.2) is 12.1 Å². The van der Waals surface area contributed by atoms with Crippen LogP contribution in [0.25, 0.3) is 0 Å². The van der Waals surface area contributed by atoms with Crippen molar-refractivity contribution in [1.82, 2.24) is 4.98 Å². The highest BCUT2D eigenvalue weighted by Crippen LogP contribution is 2.66. The maximum Gasteiger partial charge on any atom is 0.338 e. The molecule has 0 aliphatic heterocycles. The summed E-state index contributed by atoms with van der Waals surface area (Å²) in [7, 11) is 0. The highest BCUT2D eigenvalue weighted by Gasteiger charge is 2.62. The van der Waals surface area contributed by atoms with Crippen molar-refractivity contribution in [3.8, 4) is 0 Å². The first kappa shape index (κ1) is 15.1. The van der Waals surface area contributed by atoms with Gasteiger partial charge in [-0.2, -0.15) is 0 Å². The predicted octanol–water partition coefficient (Wildman–Crippen LogP) is 4.76. The van der Waals surface area contributed by atoms with E-state index in [-0.39, 0.29) is 33.2 Å². The van der Waals surface area contributed by atoms with Gasteiger partial charge in [0.15, 0.2) is 0 Å². The Balaban J connectivity index is 1.80. The van der Waals surface area contributed by atoms with Gasteiger partial charge < -0.3 is 4.74 Å². The first-order chi connectivity index (χ1) is 9.74. The second kappa shape index (κ2) is 4.85. The molecule has 2 fully saturated rings. The number of hydrogen-bond acceptors (Lipinski definition) is 3. The van der Waals surface area contributed by atoms with E-state index < -0.39 is 0 Å². The molecular weight excluding hydrogens is 309 g/mol. The molecule has 0 saturated heterocycles. The van der Waals surface area contributed by atoms with Gasteiger partial charge in [0.2, 0.25) is 0 Å². The lowest BCUT2D eigenvalue weighted by atomic mass is 9.70. The summed E-state index contributed by atoms with van der Waals surface area (Å²) < 4.78 is 5.80. The standard InChI is InChI=1S/C16H19Cl2NO2/c1-15(2)10-4-5-16(15,3)11(8-10)21-14(20)9-6-12(17)19-13(18)7-9/h6-7,10-11H,4-5,8H2,1-3H3. The molecule has 3 unspecified atom stereocenters. The zero-order valence-electron chi connectivity index (χ0n) is 12.5. The Morgan fingerprint density at radius 1 is 1.29 bits per heavy atom. The van der Waals surface area contributed by atoms with Crippen molar-refractivity contribution >= 4 is 29.2 Å². The Labute approximate surface area is 135 Å². The van der Waals surface area contributed by atoms with Crippen molar-refractivity contribution in [1.29, 1.82) is 0 Å². The van der Waals surface area contributed by atoms with E-state index in [1.807, 2.05) is 0 Å². The lowest BCUT2D eigenvalue weighted by molar-refractivity contribution is -0.0242. The third-order valence-corrected chi connectivity index (χ3v) is 6.35. The fourth-order valence-electron chi connectivity index (χ4n) is 4.09. The predicted molar refractivity (Wildman–Crippen MR) is 82.7 cm³/mol. The summed E-state index contributed by atoms with van der Waals surface area (Å²) in [5.74, 6) is 0.265. The number of nitrogens with zero attached hydrogens (tertiary/aromatic N) is 1. The van der Waals surface area contributed by atoms with Crippen LogP contribution < -0.4 is 0 Å². The summed E-state index contributed by atoms with van der Waals surface area (Å²) in [5, 5.41) is 0.405. The molecule has 2 aliphatic rings. The molecule has 1 aromatic rings. The topological polar surface area (TPSA) is 39.2 Å². The van der Waals surface area contributed by atoms with E-state index >= 15 is 0 Å². The van der Waals surface area contributed by atoms with Crippen molar-refractivity contribution in [2.75, 3.05) is 0 Å². The van der Waals surface area contributed by atoms with Crippen molar-refractivity contribution < 1.29 is 9.53 Å². The average molecular weight is 328 g/mol. The molecule has 21 heavy (non-hydrogen) atoms. The molecular formula is C16H19Cl2NO2. The van der Waals surface area contributed by atoms with E-state index in [1.54, 1.807) is 0 Å². The van der Waals surface area contributed by atoms with Crippen molar-refractivity contribution in [3.05, 3.63) is 28.0 Å². The van der Waals surface area contributed by atoms with Crippen LogP contribution in [0.2, 0.25) is 10.3 Å². The quantitative estimate of drug-likeness (QED) is 0.580. The molecule has 2 saturated carbocycles. The minimum absolute atomic E-state index is 0.0375. The van der Waals surface area contributed by atoms with Crippen LogP contribution in [0.3, 0.4) is 0 Å². The molecule has 0 amide bonds. The van der Waals surface area contributed by atoms with Gasteiger partial charge in [-0.15, -0.1) is 0 Å². The Morgan fingerprint density at radius 3 is 2.38 bits per heavy atom. The molecule has 0 aromatic carbocycles. The van der Waals surface area contributed by atoms with E-state index in [0.717, 1.165) is 12.8 Å². The number of ether oxygens (including phenoxy) is 1. The lowest BCUT2D eigenvalue weighted by Crippen LogP contribution is -2.38. The van der Waals surface area contributed by atoms with Gasteiger partial charge in [-0.1, -0.05) is 44.0 Å². The number of esters is 1. The number of carbonyl (C=O) groups excluding carboxylic acids is 1. The number of carbonyl (C=O) groups is 1. The molecule has 114 valence electrons. The molecule has 2 aliphatic carbocycles. The van der Waals surface area contributed by atoms with Crippen molar-refractivity contribution in [3.63, 3.8) is 0 Å². The summed E-state index contributed by atoms with van der Waals surface area (Å²) in [4.78, 5) is 16.2. The van der Waals surface area contributed by atoms with Crippen LogP contribution >= 0.6 is 23.2 Å². The number of pyridine rings is 1. The largest absolute Gasteiger partial charge is 0.458 e. The number of fused-ring (bicyclic) bond motifs is 2. The van der Waals surface area contributed by atoms with Gasteiger partial charge in [-0.25, -0.2) is 9.78 Å². The lowest BCUT2D eigenvalue weighted by Gasteiger charge is -2.38. The second-order valence-electron chi connectivity index (χ2n) is 7.01. The summed E-state index contributed by atoms with van der Waals surface area (Å²) >= 11 is 11.7. The highest BCUT2D eigenvalue weighted by molar-refractivity contribution is 6.32. The first-order valence-electron chi connectivity index (χ1n) is 7.28. The van der Waals surface area contributed by atoms with E-state index in [2.05, 4.69) is 25.8 Å². The molecule has 3 nitrogen and oxygen atoms in total. The van der Waals surface area contributed by atoms with E-state index in [9.17, 15) is 4.79 Å². The number of halogens is 2. The molecule has 3 rings (SSSR count). The maximum absolute atomic E-state index is 12.4. The van der Waals surface area contributed by atoms with Gasteiger partial charge in [0.05, 0.1) is 5.56 Å². The van der Waals surface area contributed by atoms with Crippen LogP contribution in [-0.2, 0) is 4.74 Å². The second-order valence-corrected chi connectivity index (χ2v) is 7.78. The number of aromatic nitrogens is 1. The third kappa shape index (κ3) is 2.25. The maximum atomic E-state index is 12.4. The van der Waals surface area contributed by atoms with Gasteiger partial charge in [0.25, 0.3) is 0 Å². The van der Waals surface area contributed by atoms with Crippen molar-refractivity contribution in [2.24, 2.45) is 16.7 Å². The molecule has 0 N–H and O–H groups in total. The fraction of sp³-hybridized carbons (Fsp3) is 0.625. The summed E-state index contributed by atoms with van der Waals surface area (Å²) in [6.07, 6.45) is 3.25. The SMILES string of the molecule is CC1(C)C2CCC1(C)C(OC(=O)c1cc(Cl)nc(Cl)c1)C2. The van der Waals surface area contributed by atoms with Crippen molar-refractivity contribution in [2.45, 2.75) is 46.1 Å².